The number of hydrogen-bond donors (Lipinski definition) is 3. The van der Waals surface area contributed by atoms with Gasteiger partial charge in [0.15, 0.2) is 0 Å². The lowest BCUT2D eigenvalue weighted by Crippen LogP contribution is -2.12. The molecule has 1 aliphatic heterocycles. The van der Waals surface area contributed by atoms with Gasteiger partial charge in [0.05, 0.1) is 11.3 Å². The largest absolute Gasteiger partial charge is 0.507 e. The molecule has 0 atom stereocenters. The predicted molar refractivity (Wildman–Crippen MR) is 94.6 cm³/mol. The van der Waals surface area contributed by atoms with Crippen molar-refractivity contribution in [3.8, 4) is 22.6 Å². The number of rotatable bonds is 1. The quantitative estimate of drug-likeness (QED) is 0.594. The fourth-order valence-corrected chi connectivity index (χ4v) is 2.49. The Morgan fingerprint density at radius 3 is 1.52 bits per heavy atom. The summed E-state index contributed by atoms with van der Waals surface area (Å²) in [5, 5.41) is 21.6. The first-order valence-electron chi connectivity index (χ1n) is 7.59. The lowest BCUT2D eigenvalue weighted by Gasteiger charge is -2.05. The van der Waals surface area contributed by atoms with Crippen LogP contribution < -0.4 is 5.32 Å². The average molecular weight is 333 g/mol. The molecule has 0 aliphatic carbocycles. The van der Waals surface area contributed by atoms with Gasteiger partial charge in [0.25, 0.3) is 11.7 Å². The minimum Gasteiger partial charge on any atom is -0.507 e. The monoisotopic (exact) mass is 333 g/mol. The number of aromatic hydroxyl groups is 2. The van der Waals surface area contributed by atoms with Gasteiger partial charge in [-0.1, -0.05) is 48.5 Å². The van der Waals surface area contributed by atoms with Crippen LogP contribution in [-0.2, 0) is 4.79 Å². The first-order valence-corrected chi connectivity index (χ1v) is 7.59. The van der Waals surface area contributed by atoms with E-state index in [2.05, 4.69) is 5.32 Å². The van der Waals surface area contributed by atoms with E-state index in [9.17, 15) is 19.8 Å². The number of nitrogens with one attached hydrogen (secondary N) is 1. The SMILES string of the molecule is O=C1Nc2ccccc2C1=O.Oc1ccccc1-c1ccccc1O. The van der Waals surface area contributed by atoms with E-state index in [-0.39, 0.29) is 11.5 Å². The van der Waals surface area contributed by atoms with E-state index in [1.807, 2.05) is 12.1 Å². The number of anilines is 1. The summed E-state index contributed by atoms with van der Waals surface area (Å²) < 4.78 is 0. The number of benzene rings is 3. The number of hydrogen-bond acceptors (Lipinski definition) is 4. The van der Waals surface area contributed by atoms with E-state index in [0.29, 0.717) is 22.4 Å². The molecular formula is C20H15NO4. The fraction of sp³-hybridized carbons (Fsp3) is 0. The van der Waals surface area contributed by atoms with Crippen molar-refractivity contribution in [2.24, 2.45) is 0 Å². The lowest BCUT2D eigenvalue weighted by atomic mass is 10.0. The Labute approximate surface area is 144 Å². The third-order valence-electron chi connectivity index (χ3n) is 3.72. The lowest BCUT2D eigenvalue weighted by molar-refractivity contribution is -0.112. The highest BCUT2D eigenvalue weighted by molar-refractivity contribution is 6.51. The van der Waals surface area contributed by atoms with E-state index < -0.39 is 11.7 Å². The van der Waals surface area contributed by atoms with Gasteiger partial charge in [-0.05, 0) is 24.3 Å². The first-order chi connectivity index (χ1) is 12.1. The zero-order valence-corrected chi connectivity index (χ0v) is 13.1. The van der Waals surface area contributed by atoms with Crippen molar-refractivity contribution in [1.29, 1.82) is 0 Å². The van der Waals surface area contributed by atoms with Crippen molar-refractivity contribution in [3.05, 3.63) is 78.4 Å². The molecule has 1 amide bonds. The van der Waals surface area contributed by atoms with Gasteiger partial charge in [0.1, 0.15) is 11.5 Å². The zero-order valence-electron chi connectivity index (χ0n) is 13.1. The van der Waals surface area contributed by atoms with Gasteiger partial charge in [-0.25, -0.2) is 0 Å². The van der Waals surface area contributed by atoms with Crippen molar-refractivity contribution in [2.45, 2.75) is 0 Å². The van der Waals surface area contributed by atoms with Gasteiger partial charge in [0, 0.05) is 11.1 Å². The van der Waals surface area contributed by atoms with Crippen LogP contribution in [0.3, 0.4) is 0 Å². The zero-order chi connectivity index (χ0) is 17.8. The molecule has 5 heteroatoms. The van der Waals surface area contributed by atoms with Gasteiger partial charge < -0.3 is 15.5 Å². The third-order valence-corrected chi connectivity index (χ3v) is 3.72. The molecule has 0 bridgehead atoms. The maximum Gasteiger partial charge on any atom is 0.296 e. The average Bonchev–Trinajstić information content (AvgIpc) is 2.91. The van der Waals surface area contributed by atoms with Crippen LogP contribution in [0.15, 0.2) is 72.8 Å². The topological polar surface area (TPSA) is 86.6 Å². The molecule has 4 rings (SSSR count). The molecule has 1 heterocycles. The Morgan fingerprint density at radius 1 is 0.600 bits per heavy atom. The molecule has 124 valence electrons. The standard InChI is InChI=1S/C12H10O2.C8H5NO2/c13-11-7-3-1-5-9(11)10-6-2-4-8-12(10)14;10-7-5-3-1-2-4-6(5)9-8(7)11/h1-8,13-14H;1-4H,(H,9,10,11). The molecule has 0 spiro atoms. The van der Waals surface area contributed by atoms with Gasteiger partial charge in [0.2, 0.25) is 0 Å². The van der Waals surface area contributed by atoms with Gasteiger partial charge in [-0.2, -0.15) is 0 Å². The number of ketones is 1. The highest BCUT2D eigenvalue weighted by Crippen LogP contribution is 2.34. The number of amides is 1. The summed E-state index contributed by atoms with van der Waals surface area (Å²) >= 11 is 0. The minimum absolute atomic E-state index is 0.175. The van der Waals surface area contributed by atoms with Crippen molar-refractivity contribution in [3.63, 3.8) is 0 Å². The van der Waals surface area contributed by atoms with Gasteiger partial charge in [-0.3, -0.25) is 9.59 Å². The van der Waals surface area contributed by atoms with E-state index in [4.69, 9.17) is 0 Å². The molecule has 3 aromatic rings. The van der Waals surface area contributed by atoms with Crippen LogP contribution in [0.1, 0.15) is 10.4 Å². The fourth-order valence-electron chi connectivity index (χ4n) is 2.49. The third kappa shape index (κ3) is 3.35. The van der Waals surface area contributed by atoms with E-state index in [1.165, 1.54) is 0 Å². The summed E-state index contributed by atoms with van der Waals surface area (Å²) in [6, 6.07) is 20.7. The number of phenolic OH excluding ortho intramolecular Hbond substituents is 2. The molecule has 0 radical (unpaired) electrons. The molecule has 0 fully saturated rings. The summed E-state index contributed by atoms with van der Waals surface area (Å²) in [5.41, 5.74) is 2.37. The smallest absolute Gasteiger partial charge is 0.296 e. The maximum atomic E-state index is 11.0. The number of fused-ring (bicyclic) bond motifs is 1. The second-order valence-electron chi connectivity index (χ2n) is 5.36. The summed E-state index contributed by atoms with van der Waals surface area (Å²) in [6.45, 7) is 0. The Morgan fingerprint density at radius 2 is 1.04 bits per heavy atom. The number of para-hydroxylation sites is 3. The van der Waals surface area contributed by atoms with Crippen LogP contribution in [0.2, 0.25) is 0 Å². The normalized spacial score (nSPS) is 12.0. The van der Waals surface area contributed by atoms with Crippen LogP contribution in [0.5, 0.6) is 11.5 Å². The Balaban J connectivity index is 0.000000150. The summed E-state index contributed by atoms with van der Waals surface area (Å²) in [5.74, 6) is -0.630. The first kappa shape index (κ1) is 16.3. The Bertz CT molecular complexity index is 906. The highest BCUT2D eigenvalue weighted by Gasteiger charge is 2.26. The molecule has 5 nitrogen and oxygen atoms in total. The molecule has 0 aromatic heterocycles. The second kappa shape index (κ2) is 6.88. The maximum absolute atomic E-state index is 11.0. The van der Waals surface area contributed by atoms with Crippen molar-refractivity contribution < 1.29 is 19.8 Å². The molecule has 0 saturated heterocycles. The van der Waals surface area contributed by atoms with Crippen molar-refractivity contribution in [2.75, 3.05) is 5.32 Å². The van der Waals surface area contributed by atoms with Crippen molar-refractivity contribution in [1.82, 2.24) is 0 Å². The van der Waals surface area contributed by atoms with Gasteiger partial charge >= 0.3 is 0 Å². The number of carbonyl (C=O) groups excluding carboxylic acids is 2. The summed E-state index contributed by atoms with van der Waals surface area (Å²) in [6.07, 6.45) is 0. The molecule has 3 aromatic carbocycles. The second-order valence-corrected chi connectivity index (χ2v) is 5.36. The van der Waals surface area contributed by atoms with Crippen LogP contribution in [-0.4, -0.2) is 21.9 Å². The summed E-state index contributed by atoms with van der Waals surface area (Å²) in [7, 11) is 0. The van der Waals surface area contributed by atoms with E-state index in [1.54, 1.807) is 60.7 Å². The highest BCUT2D eigenvalue weighted by atomic mass is 16.3. The predicted octanol–water partition coefficient (Wildman–Crippen LogP) is 3.59. The van der Waals surface area contributed by atoms with Crippen molar-refractivity contribution >= 4 is 17.4 Å². The van der Waals surface area contributed by atoms with Crippen LogP contribution in [0.4, 0.5) is 5.69 Å². The van der Waals surface area contributed by atoms with E-state index >= 15 is 0 Å². The molecule has 0 unspecified atom stereocenters. The molecular weight excluding hydrogens is 318 g/mol. The Kier molecular flexibility index (Phi) is 4.48. The minimum atomic E-state index is -0.536. The Hall–Kier alpha value is -3.60. The molecule has 25 heavy (non-hydrogen) atoms. The molecule has 3 N–H and O–H groups in total. The van der Waals surface area contributed by atoms with Gasteiger partial charge in [-0.15, -0.1) is 0 Å². The number of phenols is 2. The van der Waals surface area contributed by atoms with Crippen LogP contribution in [0.25, 0.3) is 11.1 Å². The van der Waals surface area contributed by atoms with Crippen LogP contribution in [0, 0.1) is 0 Å². The molecule has 0 saturated carbocycles. The molecule has 1 aliphatic rings. The number of carbonyl (C=O) groups is 2. The van der Waals surface area contributed by atoms with E-state index in [0.717, 1.165) is 0 Å². The summed E-state index contributed by atoms with van der Waals surface area (Å²) in [4.78, 5) is 21.8. The number of Topliss-reactive ketones (excluding diaryl/α,β-unsaturated/α-hetero) is 1. The van der Waals surface area contributed by atoms with Crippen LogP contribution >= 0.6 is 0 Å².